The fraction of sp³-hybridized carbons (Fsp3) is 0.333. The van der Waals surface area contributed by atoms with Gasteiger partial charge in [-0.3, -0.25) is 0 Å². The lowest BCUT2D eigenvalue weighted by atomic mass is 10.1. The third kappa shape index (κ3) is 6.12. The second-order valence-electron chi connectivity index (χ2n) is 5.07. The molecule has 2 heteroatoms. The van der Waals surface area contributed by atoms with Gasteiger partial charge in [-0.1, -0.05) is 43.0 Å². The van der Waals surface area contributed by atoms with Crippen molar-refractivity contribution in [2.75, 3.05) is 0 Å². The lowest BCUT2D eigenvalue weighted by Gasteiger charge is -2.21. The molecule has 0 bridgehead atoms. The van der Waals surface area contributed by atoms with Gasteiger partial charge in [0.1, 0.15) is 0 Å². The van der Waals surface area contributed by atoms with Crippen LogP contribution in [0.1, 0.15) is 12.0 Å². The first kappa shape index (κ1) is 13.8. The molecule has 0 saturated carbocycles. The largest absolute Gasteiger partial charge is 0.547 e. The van der Waals surface area contributed by atoms with Gasteiger partial charge in [0.05, 0.1) is 5.76 Å². The van der Waals surface area contributed by atoms with Crippen molar-refractivity contribution in [3.8, 4) is 0 Å². The summed E-state index contributed by atoms with van der Waals surface area (Å²) < 4.78 is 6.03. The van der Waals surface area contributed by atoms with Crippen LogP contribution in [0.2, 0.25) is 19.6 Å². The fourth-order valence-electron chi connectivity index (χ4n) is 1.61. The van der Waals surface area contributed by atoms with Crippen molar-refractivity contribution in [2.45, 2.75) is 32.5 Å². The molecule has 0 aliphatic carbocycles. The van der Waals surface area contributed by atoms with Gasteiger partial charge in [-0.15, -0.1) is 0 Å². The van der Waals surface area contributed by atoms with Gasteiger partial charge in [0.2, 0.25) is 8.32 Å². The number of hydrogen-bond acceptors (Lipinski definition) is 1. The van der Waals surface area contributed by atoms with Gasteiger partial charge in [0.25, 0.3) is 0 Å². The van der Waals surface area contributed by atoms with Crippen LogP contribution in [0.25, 0.3) is 0 Å². The van der Waals surface area contributed by atoms with E-state index in [0.29, 0.717) is 0 Å². The number of rotatable bonds is 6. The maximum absolute atomic E-state index is 6.03. The summed E-state index contributed by atoms with van der Waals surface area (Å²) >= 11 is 0. The molecule has 0 saturated heterocycles. The minimum absolute atomic E-state index is 0.945. The van der Waals surface area contributed by atoms with Gasteiger partial charge >= 0.3 is 0 Å². The lowest BCUT2D eigenvalue weighted by molar-refractivity contribution is 0.400. The van der Waals surface area contributed by atoms with E-state index in [1.807, 2.05) is 12.1 Å². The smallest absolute Gasteiger partial charge is 0.241 e. The molecule has 0 N–H and O–H groups in total. The molecule has 0 aromatic heterocycles. The van der Waals surface area contributed by atoms with Crippen molar-refractivity contribution in [1.29, 1.82) is 0 Å². The van der Waals surface area contributed by atoms with Crippen molar-refractivity contribution < 1.29 is 4.43 Å². The summed E-state index contributed by atoms with van der Waals surface area (Å²) in [6, 6.07) is 10.5. The van der Waals surface area contributed by atoms with E-state index in [1.54, 1.807) is 6.08 Å². The first-order valence-electron chi connectivity index (χ1n) is 6.06. The Labute approximate surface area is 106 Å². The molecule has 92 valence electrons. The predicted molar refractivity (Wildman–Crippen MR) is 77.5 cm³/mol. The molecule has 1 aromatic rings. The zero-order valence-electron chi connectivity index (χ0n) is 11.1. The van der Waals surface area contributed by atoms with E-state index in [0.717, 1.165) is 18.6 Å². The number of benzene rings is 1. The van der Waals surface area contributed by atoms with Gasteiger partial charge in [-0.2, -0.15) is 0 Å². The highest BCUT2D eigenvalue weighted by atomic mass is 28.4. The maximum atomic E-state index is 6.03. The first-order chi connectivity index (χ1) is 8.01. The second kappa shape index (κ2) is 6.45. The molecule has 0 unspecified atom stereocenters. The molecule has 0 aliphatic rings. The Morgan fingerprint density at radius 3 is 2.41 bits per heavy atom. The highest BCUT2D eigenvalue weighted by Gasteiger charge is 2.17. The molecule has 0 atom stereocenters. The molecule has 1 aromatic carbocycles. The van der Waals surface area contributed by atoms with E-state index in [9.17, 15) is 0 Å². The van der Waals surface area contributed by atoms with Crippen LogP contribution in [0.5, 0.6) is 0 Å². The lowest BCUT2D eigenvalue weighted by Crippen LogP contribution is -2.25. The highest BCUT2D eigenvalue weighted by Crippen LogP contribution is 2.16. The molecular weight excluding hydrogens is 224 g/mol. The standard InChI is InChI=1S/C15H22OSi/c1-5-9-15(16-17(2,3)4)13-12-14-10-7-6-8-11-14/h5-11H,1,12-13H2,2-4H3/b15-9-. The van der Waals surface area contributed by atoms with E-state index in [1.165, 1.54) is 5.56 Å². The average molecular weight is 246 g/mol. The van der Waals surface area contributed by atoms with Gasteiger partial charge in [-0.25, -0.2) is 0 Å². The van der Waals surface area contributed by atoms with E-state index in [2.05, 4.69) is 50.5 Å². The van der Waals surface area contributed by atoms with Crippen LogP contribution in [0, 0.1) is 0 Å². The van der Waals surface area contributed by atoms with Crippen molar-refractivity contribution in [2.24, 2.45) is 0 Å². The highest BCUT2D eigenvalue weighted by molar-refractivity contribution is 6.70. The van der Waals surface area contributed by atoms with Gasteiger partial charge in [0, 0.05) is 6.42 Å². The summed E-state index contributed by atoms with van der Waals surface area (Å²) in [6.45, 7) is 10.3. The van der Waals surface area contributed by atoms with Gasteiger partial charge in [0.15, 0.2) is 0 Å². The normalized spacial score (nSPS) is 12.3. The van der Waals surface area contributed by atoms with E-state index >= 15 is 0 Å². The Balaban J connectivity index is 2.57. The SMILES string of the molecule is C=C/C=C(/CCc1ccccc1)O[Si](C)(C)C. The topological polar surface area (TPSA) is 9.23 Å². The Morgan fingerprint density at radius 1 is 1.24 bits per heavy atom. The van der Waals surface area contributed by atoms with Crippen molar-refractivity contribution in [1.82, 2.24) is 0 Å². The molecular formula is C15H22OSi. The summed E-state index contributed by atoms with van der Waals surface area (Å²) in [6.07, 6.45) is 5.76. The van der Waals surface area contributed by atoms with E-state index < -0.39 is 8.32 Å². The Hall–Kier alpha value is -1.28. The molecule has 0 radical (unpaired) electrons. The van der Waals surface area contributed by atoms with Crippen LogP contribution >= 0.6 is 0 Å². The summed E-state index contributed by atoms with van der Waals surface area (Å²) in [5.74, 6) is 1.06. The molecule has 0 amide bonds. The molecule has 1 rings (SSSR count). The molecule has 1 nitrogen and oxygen atoms in total. The van der Waals surface area contributed by atoms with Crippen LogP contribution < -0.4 is 0 Å². The molecule has 0 spiro atoms. The van der Waals surface area contributed by atoms with E-state index in [4.69, 9.17) is 4.43 Å². The molecule has 0 aliphatic heterocycles. The average Bonchev–Trinajstić information content (AvgIpc) is 2.26. The number of hydrogen-bond donors (Lipinski definition) is 0. The molecule has 17 heavy (non-hydrogen) atoms. The van der Waals surface area contributed by atoms with Crippen LogP contribution in [0.3, 0.4) is 0 Å². The summed E-state index contributed by atoms with van der Waals surface area (Å²) in [7, 11) is -1.51. The minimum atomic E-state index is -1.51. The summed E-state index contributed by atoms with van der Waals surface area (Å²) in [4.78, 5) is 0. The third-order valence-corrected chi connectivity index (χ3v) is 3.12. The Kier molecular flexibility index (Phi) is 5.23. The molecule has 0 heterocycles. The van der Waals surface area contributed by atoms with Crippen molar-refractivity contribution in [3.05, 3.63) is 60.4 Å². The summed E-state index contributed by atoms with van der Waals surface area (Å²) in [5, 5.41) is 0. The van der Waals surface area contributed by atoms with Gasteiger partial charge in [-0.05, 0) is 37.7 Å². The second-order valence-corrected chi connectivity index (χ2v) is 9.50. The Bertz CT molecular complexity index is 374. The van der Waals surface area contributed by atoms with Crippen LogP contribution in [-0.4, -0.2) is 8.32 Å². The quantitative estimate of drug-likeness (QED) is 0.407. The van der Waals surface area contributed by atoms with Crippen LogP contribution in [-0.2, 0) is 10.8 Å². The molecule has 0 fully saturated rings. The fourth-order valence-corrected chi connectivity index (χ4v) is 2.56. The predicted octanol–water partition coefficient (Wildman–Crippen LogP) is 4.54. The zero-order chi connectivity index (χ0) is 12.7. The summed E-state index contributed by atoms with van der Waals surface area (Å²) in [5.41, 5.74) is 1.35. The first-order valence-corrected chi connectivity index (χ1v) is 9.46. The van der Waals surface area contributed by atoms with E-state index in [-0.39, 0.29) is 0 Å². The van der Waals surface area contributed by atoms with Crippen LogP contribution in [0.15, 0.2) is 54.8 Å². The van der Waals surface area contributed by atoms with Crippen molar-refractivity contribution in [3.63, 3.8) is 0 Å². The maximum Gasteiger partial charge on any atom is 0.241 e. The monoisotopic (exact) mass is 246 g/mol. The van der Waals surface area contributed by atoms with Gasteiger partial charge < -0.3 is 4.43 Å². The van der Waals surface area contributed by atoms with Crippen LogP contribution in [0.4, 0.5) is 0 Å². The Morgan fingerprint density at radius 2 is 1.88 bits per heavy atom. The number of allylic oxidation sites excluding steroid dienone is 3. The van der Waals surface area contributed by atoms with Crippen molar-refractivity contribution >= 4 is 8.32 Å². The zero-order valence-corrected chi connectivity index (χ0v) is 12.1. The minimum Gasteiger partial charge on any atom is -0.547 e. The number of aryl methyl sites for hydroxylation is 1. The third-order valence-electron chi connectivity index (χ3n) is 2.24.